The number of amides is 1. The Morgan fingerprint density at radius 1 is 0.803 bits per heavy atom. The first-order valence-electron chi connectivity index (χ1n) is 21.4. The lowest BCUT2D eigenvalue weighted by Crippen LogP contribution is -2.64. The lowest BCUT2D eigenvalue weighted by molar-refractivity contribution is -0.241. The van der Waals surface area contributed by atoms with Crippen LogP contribution in [0.15, 0.2) is 95.6 Å². The van der Waals surface area contributed by atoms with Crippen molar-refractivity contribution in [3.05, 3.63) is 107 Å². The Balaban J connectivity index is 1.49. The van der Waals surface area contributed by atoms with E-state index in [1.54, 1.807) is 0 Å². The van der Waals surface area contributed by atoms with Crippen LogP contribution in [0.5, 0.6) is 0 Å². The monoisotopic (exact) mass is 891 g/mol. The number of carbonyl (C=O) groups excluding carboxylic acids is 3. The molecule has 0 saturated carbocycles. The molecule has 5 rings (SSSR count). The van der Waals surface area contributed by atoms with Crippen LogP contribution < -0.4 is 5.32 Å². The molecule has 1 saturated heterocycles. The summed E-state index contributed by atoms with van der Waals surface area (Å²) in [7, 11) is -4.23. The van der Waals surface area contributed by atoms with Gasteiger partial charge < -0.3 is 38.9 Å². The van der Waals surface area contributed by atoms with E-state index in [0.29, 0.717) is 0 Å². The van der Waals surface area contributed by atoms with Gasteiger partial charge in [0.15, 0.2) is 0 Å². The quantitative estimate of drug-likeness (QED) is 0.0787. The lowest BCUT2D eigenvalue weighted by atomic mass is 10.0. The predicted molar refractivity (Wildman–Crippen MR) is 245 cm³/mol. The van der Waals surface area contributed by atoms with Gasteiger partial charge in [-0.05, 0) is 44.9 Å². The van der Waals surface area contributed by atoms with E-state index in [-0.39, 0.29) is 53.3 Å². The van der Waals surface area contributed by atoms with E-state index >= 15 is 0 Å². The zero-order chi connectivity index (χ0) is 44.5. The molecule has 11 nitrogen and oxygen atoms in total. The van der Waals surface area contributed by atoms with E-state index in [1.165, 1.54) is 0 Å². The summed E-state index contributed by atoms with van der Waals surface area (Å²) in [5, 5.41) is 24.4. The fourth-order valence-electron chi connectivity index (χ4n) is 8.34. The van der Waals surface area contributed by atoms with Crippen molar-refractivity contribution in [2.45, 2.75) is 139 Å². The van der Waals surface area contributed by atoms with Gasteiger partial charge in [0.1, 0.15) is 35.5 Å². The van der Waals surface area contributed by atoms with Crippen molar-refractivity contribution in [2.75, 3.05) is 13.2 Å². The molecule has 0 spiro atoms. The number of hydrogen-bond donors (Lipinski definition) is 3. The molecule has 332 valence electrons. The Bertz CT molecular complexity index is 1920. The van der Waals surface area contributed by atoms with Crippen LogP contribution in [0, 0.1) is 0 Å². The molecule has 0 aromatic heterocycles. The molecule has 3 N–H and O–H groups in total. The Labute approximate surface area is 368 Å². The normalized spacial score (nSPS) is 21.2. The minimum atomic E-state index is -2.64. The van der Waals surface area contributed by atoms with Crippen molar-refractivity contribution in [1.82, 2.24) is 5.32 Å². The summed E-state index contributed by atoms with van der Waals surface area (Å²) < 4.78 is 31.7. The van der Waals surface area contributed by atoms with Gasteiger partial charge in [-0.3, -0.25) is 4.79 Å². The molecular formula is C47H65NO10SSi2. The van der Waals surface area contributed by atoms with Gasteiger partial charge >= 0.3 is 11.9 Å². The number of aliphatic hydroxyl groups excluding tert-OH is 2. The Kier molecular flexibility index (Phi) is 17.0. The number of aliphatic hydroxyl groups is 2. The molecule has 3 aromatic rings. The van der Waals surface area contributed by atoms with Gasteiger partial charge in [0.2, 0.25) is 20.5 Å². The number of ether oxygens (including phenoxy) is 4. The molecule has 0 aliphatic carbocycles. The van der Waals surface area contributed by atoms with E-state index in [4.69, 9.17) is 23.4 Å². The topological polar surface area (TPSA) is 150 Å². The van der Waals surface area contributed by atoms with Crippen LogP contribution in [0.4, 0.5) is 0 Å². The van der Waals surface area contributed by atoms with Crippen molar-refractivity contribution in [2.24, 2.45) is 0 Å². The summed E-state index contributed by atoms with van der Waals surface area (Å²) in [5.41, 5.74) is 4.08. The fraction of sp³-hybridized carbons (Fsp3) is 0.511. The highest BCUT2D eigenvalue weighted by Crippen LogP contribution is 2.49. The van der Waals surface area contributed by atoms with Crippen molar-refractivity contribution in [3.63, 3.8) is 0 Å². The zero-order valence-electron chi connectivity index (χ0n) is 37.1. The van der Waals surface area contributed by atoms with E-state index in [0.717, 1.165) is 40.1 Å². The highest BCUT2D eigenvalue weighted by molar-refractivity contribution is 8.04. The highest BCUT2D eigenvalue weighted by atomic mass is 32.2. The average Bonchev–Trinajstić information content (AvgIpc) is 3.22. The average molecular weight is 892 g/mol. The van der Waals surface area contributed by atoms with Gasteiger partial charge in [0, 0.05) is 14.5 Å². The maximum Gasteiger partial charge on any atom is 0.348 e. The maximum atomic E-state index is 14.2. The molecular weight excluding hydrogens is 827 g/mol. The second-order valence-electron chi connectivity index (χ2n) is 18.2. The third kappa shape index (κ3) is 12.5. The van der Waals surface area contributed by atoms with Gasteiger partial charge in [-0.25, -0.2) is 9.59 Å². The molecule has 3 aromatic carbocycles. The number of esters is 2. The van der Waals surface area contributed by atoms with Gasteiger partial charge in [-0.1, -0.05) is 146 Å². The first-order chi connectivity index (χ1) is 28.9. The van der Waals surface area contributed by atoms with E-state index < -0.39 is 76.7 Å². The van der Waals surface area contributed by atoms with Crippen LogP contribution in [0.3, 0.4) is 0 Å². The summed E-state index contributed by atoms with van der Waals surface area (Å²) in [6.07, 6.45) is -4.50. The zero-order valence-corrected chi connectivity index (χ0v) is 39.9. The third-order valence-corrected chi connectivity index (χ3v) is 20.7. The summed E-state index contributed by atoms with van der Waals surface area (Å²) >= 11 is 1.13. The number of thioether (sulfide) groups is 1. The summed E-state index contributed by atoms with van der Waals surface area (Å²) in [4.78, 5) is 42.1. The van der Waals surface area contributed by atoms with Crippen molar-refractivity contribution in [1.29, 1.82) is 0 Å². The smallest absolute Gasteiger partial charge is 0.348 e. The second-order valence-corrected chi connectivity index (χ2v) is 30.4. The number of carbonyl (C=O) groups is 3. The van der Waals surface area contributed by atoms with E-state index in [2.05, 4.69) is 66.5 Å². The minimum absolute atomic E-state index is 0.0200. The predicted octanol–water partition coefficient (Wildman–Crippen LogP) is 8.38. The van der Waals surface area contributed by atoms with E-state index in [9.17, 15) is 24.6 Å². The molecule has 2 heterocycles. The molecule has 6 atom stereocenters. The van der Waals surface area contributed by atoms with Crippen molar-refractivity contribution in [3.8, 4) is 11.1 Å². The molecule has 1 amide bonds. The third-order valence-electron chi connectivity index (χ3n) is 11.5. The molecule has 61 heavy (non-hydrogen) atoms. The lowest BCUT2D eigenvalue weighted by Gasteiger charge is -2.52. The van der Waals surface area contributed by atoms with Crippen molar-refractivity contribution < 1.29 is 48.0 Å². The van der Waals surface area contributed by atoms with Crippen LogP contribution in [-0.2, 0) is 50.8 Å². The first kappa shape index (κ1) is 48.3. The Morgan fingerprint density at radius 3 is 1.97 bits per heavy atom. The molecule has 1 fully saturated rings. The number of rotatable bonds is 19. The van der Waals surface area contributed by atoms with Gasteiger partial charge in [0.25, 0.3) is 0 Å². The fourth-order valence-corrected chi connectivity index (χ4v) is 16.0. The summed E-state index contributed by atoms with van der Waals surface area (Å²) in [6.45, 7) is 19.1. The minimum Gasteiger partial charge on any atom is -0.466 e. The number of nitrogens with one attached hydrogen (secondary N) is 1. The second kappa shape index (κ2) is 21.5. The molecule has 0 radical (unpaired) electrons. The van der Waals surface area contributed by atoms with Gasteiger partial charge in [-0.2, -0.15) is 0 Å². The largest absolute Gasteiger partial charge is 0.466 e. The van der Waals surface area contributed by atoms with Crippen molar-refractivity contribution >= 4 is 46.0 Å². The highest BCUT2D eigenvalue weighted by Gasteiger charge is 2.56. The first-order valence-corrected chi connectivity index (χ1v) is 28.2. The van der Waals surface area contributed by atoms with Crippen LogP contribution in [0.2, 0.25) is 42.3 Å². The van der Waals surface area contributed by atoms with E-state index in [1.807, 2.05) is 84.9 Å². The van der Waals surface area contributed by atoms with Crippen LogP contribution >= 0.6 is 11.8 Å². The maximum absolute atomic E-state index is 14.2. The molecule has 0 bridgehead atoms. The molecule has 14 heteroatoms. The molecule has 2 aliphatic rings. The van der Waals surface area contributed by atoms with Crippen LogP contribution in [0.1, 0.15) is 59.1 Å². The van der Waals surface area contributed by atoms with Crippen LogP contribution in [-0.4, -0.2) is 93.6 Å². The SMILES string of the molecule is CC(C)[Si](O[C@H]1[C@H](O)[C@@H](CO)O[C@@H]2OC(C[C@H](NC(=O)Cc3ccc(-c4ccccc4)cc3)C(=O)OCc3ccccc3)=C(C(=O)OCC[Si](C)(C)C)S[C@@H]21)(C(C)C)C(C)C. The summed E-state index contributed by atoms with van der Waals surface area (Å²) in [6, 6.07) is 26.2. The number of fused-ring (bicyclic) bond motifs is 1. The number of benzene rings is 3. The van der Waals surface area contributed by atoms with Gasteiger partial charge in [0.05, 0.1) is 31.0 Å². The number of hydrogen-bond acceptors (Lipinski definition) is 11. The van der Waals surface area contributed by atoms with Crippen LogP contribution in [0.25, 0.3) is 11.1 Å². The Morgan fingerprint density at radius 2 is 1.39 bits per heavy atom. The summed E-state index contributed by atoms with van der Waals surface area (Å²) in [5.74, 6) is -1.72. The Hall–Kier alpha value is -3.77. The molecule has 0 unspecified atom stereocenters. The molecule has 2 aliphatic heterocycles. The standard InChI is InChI=1S/C47H65NO10SSi2/c1-30(2)61(31(3)4,32(5)6)58-42-41(51)39(28-49)57-47-44(42)59-43(46(53)54-24-25-60(7,8)9)38(56-47)27-37(45(52)55-29-34-16-12-10-13-17-34)48-40(50)26-33-20-22-36(23-21-33)35-18-14-11-15-19-35/h10-23,30-32,37,39,41-42,44,47,49,51H,24-29H2,1-9H3,(H,48,50)/t37-,39+,41+,42-,44+,47-/m0/s1. The van der Waals surface area contributed by atoms with Gasteiger partial charge in [-0.15, -0.1) is 11.8 Å².